The lowest BCUT2D eigenvalue weighted by atomic mass is 9.74. The average molecular weight is 237 g/mol. The van der Waals surface area contributed by atoms with Crippen LogP contribution in [-0.4, -0.2) is 23.9 Å². The first kappa shape index (κ1) is 12.9. The fourth-order valence-corrected chi connectivity index (χ4v) is 3.35. The molecule has 0 radical (unpaired) electrons. The maximum Gasteiger partial charge on any atom is 0.225 e. The SMILES string of the molecule is CCC1CN(C(=O)C2CC2C)CC1C(C)(C)C. The van der Waals surface area contributed by atoms with Crippen LogP contribution in [-0.2, 0) is 4.79 Å². The van der Waals surface area contributed by atoms with Gasteiger partial charge in [-0.15, -0.1) is 0 Å². The zero-order valence-corrected chi connectivity index (χ0v) is 12.0. The molecule has 2 heteroatoms. The summed E-state index contributed by atoms with van der Waals surface area (Å²) >= 11 is 0. The Morgan fingerprint density at radius 3 is 2.24 bits per heavy atom. The number of amides is 1. The van der Waals surface area contributed by atoms with Crippen molar-refractivity contribution in [3.8, 4) is 0 Å². The van der Waals surface area contributed by atoms with Gasteiger partial charge in [0.2, 0.25) is 5.91 Å². The van der Waals surface area contributed by atoms with Crippen molar-refractivity contribution in [3.05, 3.63) is 0 Å². The molecule has 2 fully saturated rings. The third-order valence-electron chi connectivity index (χ3n) is 4.82. The summed E-state index contributed by atoms with van der Waals surface area (Å²) in [6.07, 6.45) is 2.32. The largest absolute Gasteiger partial charge is 0.342 e. The maximum absolute atomic E-state index is 12.3. The molecule has 0 aromatic heterocycles. The van der Waals surface area contributed by atoms with Gasteiger partial charge >= 0.3 is 0 Å². The molecule has 1 saturated carbocycles. The van der Waals surface area contributed by atoms with Crippen LogP contribution < -0.4 is 0 Å². The molecule has 2 nitrogen and oxygen atoms in total. The molecule has 1 aliphatic carbocycles. The lowest BCUT2D eigenvalue weighted by molar-refractivity contribution is -0.132. The molecule has 98 valence electrons. The fraction of sp³-hybridized carbons (Fsp3) is 0.933. The van der Waals surface area contributed by atoms with E-state index in [-0.39, 0.29) is 0 Å². The van der Waals surface area contributed by atoms with E-state index in [1.165, 1.54) is 6.42 Å². The second-order valence-electron chi connectivity index (χ2n) is 7.20. The summed E-state index contributed by atoms with van der Waals surface area (Å²) in [5.74, 6) is 2.80. The van der Waals surface area contributed by atoms with Crippen molar-refractivity contribution >= 4 is 5.91 Å². The maximum atomic E-state index is 12.3. The van der Waals surface area contributed by atoms with Crippen LogP contribution in [0, 0.1) is 29.1 Å². The molecule has 0 aromatic carbocycles. The van der Waals surface area contributed by atoms with Gasteiger partial charge in [0.25, 0.3) is 0 Å². The molecule has 2 aliphatic rings. The van der Waals surface area contributed by atoms with E-state index in [0.29, 0.717) is 35.0 Å². The van der Waals surface area contributed by atoms with Crippen molar-refractivity contribution < 1.29 is 4.79 Å². The first-order chi connectivity index (χ1) is 7.84. The zero-order valence-electron chi connectivity index (χ0n) is 12.0. The van der Waals surface area contributed by atoms with Crippen molar-refractivity contribution in [2.24, 2.45) is 29.1 Å². The normalized spacial score (nSPS) is 37.4. The molecule has 4 atom stereocenters. The second-order valence-corrected chi connectivity index (χ2v) is 7.20. The highest BCUT2D eigenvalue weighted by Crippen LogP contribution is 2.43. The molecule has 0 aromatic rings. The van der Waals surface area contributed by atoms with Gasteiger partial charge in [-0.05, 0) is 29.6 Å². The van der Waals surface area contributed by atoms with Crippen molar-refractivity contribution in [3.63, 3.8) is 0 Å². The molecule has 1 amide bonds. The molecule has 0 bridgehead atoms. The molecule has 1 aliphatic heterocycles. The third-order valence-corrected chi connectivity index (χ3v) is 4.82. The highest BCUT2D eigenvalue weighted by atomic mass is 16.2. The Morgan fingerprint density at radius 2 is 1.88 bits per heavy atom. The molecule has 2 rings (SSSR count). The number of carbonyl (C=O) groups excluding carboxylic acids is 1. The Balaban J connectivity index is 2.02. The lowest BCUT2D eigenvalue weighted by Gasteiger charge is -2.30. The van der Waals surface area contributed by atoms with Gasteiger partial charge in [-0.1, -0.05) is 41.0 Å². The summed E-state index contributed by atoms with van der Waals surface area (Å²) in [4.78, 5) is 14.4. The van der Waals surface area contributed by atoms with Gasteiger partial charge in [0.05, 0.1) is 0 Å². The van der Waals surface area contributed by atoms with Crippen LogP contribution in [0.15, 0.2) is 0 Å². The Hall–Kier alpha value is -0.530. The van der Waals surface area contributed by atoms with Crippen LogP contribution in [0.4, 0.5) is 0 Å². The number of rotatable bonds is 2. The van der Waals surface area contributed by atoms with Crippen LogP contribution >= 0.6 is 0 Å². The minimum Gasteiger partial charge on any atom is -0.342 e. The van der Waals surface area contributed by atoms with E-state index in [9.17, 15) is 4.79 Å². The Bertz CT molecular complexity index is 305. The van der Waals surface area contributed by atoms with E-state index in [0.717, 1.165) is 19.5 Å². The summed E-state index contributed by atoms with van der Waals surface area (Å²) in [6, 6.07) is 0. The summed E-state index contributed by atoms with van der Waals surface area (Å²) < 4.78 is 0. The minimum atomic E-state index is 0.324. The van der Waals surface area contributed by atoms with Crippen LogP contribution in [0.1, 0.15) is 47.5 Å². The van der Waals surface area contributed by atoms with Gasteiger partial charge < -0.3 is 4.90 Å². The molecule has 0 spiro atoms. The topological polar surface area (TPSA) is 20.3 Å². The Labute approximate surface area is 106 Å². The molecule has 0 N–H and O–H groups in total. The molecule has 1 saturated heterocycles. The average Bonchev–Trinajstić information content (AvgIpc) is 2.80. The van der Waals surface area contributed by atoms with Crippen LogP contribution in [0.25, 0.3) is 0 Å². The van der Waals surface area contributed by atoms with Gasteiger partial charge in [0.15, 0.2) is 0 Å². The van der Waals surface area contributed by atoms with Gasteiger partial charge in [-0.2, -0.15) is 0 Å². The third kappa shape index (κ3) is 2.51. The number of carbonyl (C=O) groups is 1. The van der Waals surface area contributed by atoms with Gasteiger partial charge in [-0.3, -0.25) is 4.79 Å². The monoisotopic (exact) mass is 237 g/mol. The standard InChI is InChI=1S/C15H27NO/c1-6-11-8-16(9-13(11)15(3,4)5)14(17)12-7-10(12)2/h10-13H,6-9H2,1-5H3. The summed E-state index contributed by atoms with van der Waals surface area (Å²) in [5.41, 5.74) is 0.324. The molecule has 1 heterocycles. The molecule has 4 unspecified atom stereocenters. The quantitative estimate of drug-likeness (QED) is 0.722. The van der Waals surface area contributed by atoms with Gasteiger partial charge in [-0.25, -0.2) is 0 Å². The first-order valence-electron chi connectivity index (χ1n) is 7.13. The van der Waals surface area contributed by atoms with E-state index in [4.69, 9.17) is 0 Å². The van der Waals surface area contributed by atoms with Crippen molar-refractivity contribution in [2.45, 2.75) is 47.5 Å². The zero-order chi connectivity index (χ0) is 12.8. The van der Waals surface area contributed by atoms with E-state index < -0.39 is 0 Å². The smallest absolute Gasteiger partial charge is 0.225 e. The molecular formula is C15H27NO. The number of hydrogen-bond acceptors (Lipinski definition) is 1. The van der Waals surface area contributed by atoms with Gasteiger partial charge in [0, 0.05) is 19.0 Å². The summed E-state index contributed by atoms with van der Waals surface area (Å²) in [6.45, 7) is 13.4. The number of likely N-dealkylation sites (tertiary alicyclic amines) is 1. The fourth-order valence-electron chi connectivity index (χ4n) is 3.35. The predicted octanol–water partition coefficient (Wildman–Crippen LogP) is 3.17. The Morgan fingerprint density at radius 1 is 1.29 bits per heavy atom. The second kappa shape index (κ2) is 4.29. The van der Waals surface area contributed by atoms with E-state index in [1.807, 2.05) is 0 Å². The summed E-state index contributed by atoms with van der Waals surface area (Å²) in [5, 5.41) is 0. The predicted molar refractivity (Wildman–Crippen MR) is 70.6 cm³/mol. The van der Waals surface area contributed by atoms with Gasteiger partial charge in [0.1, 0.15) is 0 Å². The number of nitrogens with zero attached hydrogens (tertiary/aromatic N) is 1. The van der Waals surface area contributed by atoms with Crippen LogP contribution in [0.3, 0.4) is 0 Å². The van der Waals surface area contributed by atoms with Crippen molar-refractivity contribution in [2.75, 3.05) is 13.1 Å². The minimum absolute atomic E-state index is 0.324. The van der Waals surface area contributed by atoms with Crippen molar-refractivity contribution in [1.82, 2.24) is 4.90 Å². The van der Waals surface area contributed by atoms with E-state index in [1.54, 1.807) is 0 Å². The highest BCUT2D eigenvalue weighted by Gasteiger charge is 2.46. The summed E-state index contributed by atoms with van der Waals surface area (Å²) in [7, 11) is 0. The van der Waals surface area contributed by atoms with Crippen LogP contribution in [0.5, 0.6) is 0 Å². The first-order valence-corrected chi connectivity index (χ1v) is 7.13. The number of hydrogen-bond donors (Lipinski definition) is 0. The van der Waals surface area contributed by atoms with Crippen LogP contribution in [0.2, 0.25) is 0 Å². The van der Waals surface area contributed by atoms with Crippen molar-refractivity contribution in [1.29, 1.82) is 0 Å². The Kier molecular flexibility index (Phi) is 3.26. The molecule has 17 heavy (non-hydrogen) atoms. The molecular weight excluding hydrogens is 210 g/mol. The van der Waals surface area contributed by atoms with E-state index in [2.05, 4.69) is 39.5 Å². The van der Waals surface area contributed by atoms with E-state index >= 15 is 0 Å². The lowest BCUT2D eigenvalue weighted by Crippen LogP contribution is -2.32. The highest BCUT2D eigenvalue weighted by molar-refractivity contribution is 5.81.